The van der Waals surface area contributed by atoms with Gasteiger partial charge in [-0.3, -0.25) is 4.79 Å². The van der Waals surface area contributed by atoms with Crippen LogP contribution in [0.15, 0.2) is 48.5 Å². The second-order valence-electron chi connectivity index (χ2n) is 6.23. The summed E-state index contributed by atoms with van der Waals surface area (Å²) >= 11 is 0. The molecule has 1 aromatic heterocycles. The van der Waals surface area contributed by atoms with Gasteiger partial charge in [-0.05, 0) is 44.2 Å². The maximum Gasteiger partial charge on any atom is 0.251 e. The third-order valence-corrected chi connectivity index (χ3v) is 4.41. The quantitative estimate of drug-likeness (QED) is 0.618. The molecule has 3 rings (SSSR count). The Bertz CT molecular complexity index is 920. The first-order valence-electron chi connectivity index (χ1n) is 9.12. The minimum absolute atomic E-state index is 0.162. The van der Waals surface area contributed by atoms with Gasteiger partial charge in [-0.2, -0.15) is 0 Å². The van der Waals surface area contributed by atoms with Crippen LogP contribution in [-0.4, -0.2) is 35.8 Å². The van der Waals surface area contributed by atoms with Gasteiger partial charge in [-0.25, -0.2) is 4.98 Å². The third kappa shape index (κ3) is 4.28. The number of ether oxygens (including phenoxy) is 2. The molecule has 0 radical (unpaired) electrons. The van der Waals surface area contributed by atoms with Crippen LogP contribution < -0.4 is 10.1 Å². The van der Waals surface area contributed by atoms with Crippen molar-refractivity contribution in [2.24, 2.45) is 0 Å². The Hall–Kier alpha value is -2.86. The number of fused-ring (bicyclic) bond motifs is 1. The number of imidazole rings is 1. The van der Waals surface area contributed by atoms with Crippen LogP contribution in [0.1, 0.15) is 36.1 Å². The lowest BCUT2D eigenvalue weighted by atomic mass is 10.2. The fraction of sp³-hybridized carbons (Fsp3) is 0.333. The molecule has 1 N–H and O–H groups in total. The van der Waals surface area contributed by atoms with Gasteiger partial charge in [0.25, 0.3) is 5.91 Å². The Kier molecular flexibility index (Phi) is 6.08. The highest BCUT2D eigenvalue weighted by molar-refractivity contribution is 5.94. The Morgan fingerprint density at radius 1 is 1.22 bits per heavy atom. The fourth-order valence-corrected chi connectivity index (χ4v) is 3.07. The van der Waals surface area contributed by atoms with E-state index in [9.17, 15) is 4.79 Å². The molecule has 0 saturated carbocycles. The molecule has 27 heavy (non-hydrogen) atoms. The van der Waals surface area contributed by atoms with E-state index in [1.54, 1.807) is 25.3 Å². The van der Waals surface area contributed by atoms with Crippen LogP contribution in [0.2, 0.25) is 0 Å². The number of para-hydroxylation sites is 2. The molecule has 1 atom stereocenters. The van der Waals surface area contributed by atoms with Crippen LogP contribution >= 0.6 is 0 Å². The van der Waals surface area contributed by atoms with Crippen LogP contribution in [0.5, 0.6) is 5.75 Å². The zero-order valence-corrected chi connectivity index (χ0v) is 15.9. The molecule has 6 nitrogen and oxygen atoms in total. The summed E-state index contributed by atoms with van der Waals surface area (Å²) < 4.78 is 12.8. The Balaban J connectivity index is 1.84. The first-order valence-corrected chi connectivity index (χ1v) is 9.12. The molecule has 0 aliphatic heterocycles. The number of carbonyl (C=O) groups excluding carboxylic acids is 1. The first kappa shape index (κ1) is 18.9. The maximum atomic E-state index is 12.7. The van der Waals surface area contributed by atoms with Crippen molar-refractivity contribution in [3.8, 4) is 5.75 Å². The standard InChI is InChI=1S/C21H25N3O3/c1-4-27-13-12-24-19-11-6-5-10-18(19)23-20(24)15(2)22-21(25)16-8-7-9-17(14-16)26-3/h5-11,14-15H,4,12-13H2,1-3H3,(H,22,25). The maximum absolute atomic E-state index is 12.7. The summed E-state index contributed by atoms with van der Waals surface area (Å²) in [6.07, 6.45) is 0. The molecule has 6 heteroatoms. The zero-order chi connectivity index (χ0) is 19.2. The van der Waals surface area contributed by atoms with E-state index in [2.05, 4.69) is 9.88 Å². The van der Waals surface area contributed by atoms with E-state index in [-0.39, 0.29) is 11.9 Å². The average Bonchev–Trinajstić information content (AvgIpc) is 3.07. The largest absolute Gasteiger partial charge is 0.497 e. The van der Waals surface area contributed by atoms with E-state index in [4.69, 9.17) is 14.5 Å². The summed E-state index contributed by atoms with van der Waals surface area (Å²) in [6, 6.07) is 14.8. The van der Waals surface area contributed by atoms with Gasteiger partial charge in [-0.15, -0.1) is 0 Å². The first-order chi connectivity index (χ1) is 13.1. The molecule has 0 bridgehead atoms. The van der Waals surface area contributed by atoms with E-state index < -0.39 is 0 Å². The molecule has 1 amide bonds. The summed E-state index contributed by atoms with van der Waals surface area (Å²) in [4.78, 5) is 17.4. The van der Waals surface area contributed by atoms with Crippen molar-refractivity contribution in [1.82, 2.24) is 14.9 Å². The van der Waals surface area contributed by atoms with Gasteiger partial charge >= 0.3 is 0 Å². The number of nitrogens with one attached hydrogen (secondary N) is 1. The van der Waals surface area contributed by atoms with E-state index in [0.717, 1.165) is 16.9 Å². The van der Waals surface area contributed by atoms with Gasteiger partial charge in [-0.1, -0.05) is 18.2 Å². The molecule has 1 heterocycles. The molecule has 2 aromatic carbocycles. The van der Waals surface area contributed by atoms with Gasteiger partial charge in [0.05, 0.1) is 30.8 Å². The van der Waals surface area contributed by atoms with Gasteiger partial charge in [0.15, 0.2) is 0 Å². The Labute approximate surface area is 159 Å². The second kappa shape index (κ2) is 8.68. The zero-order valence-electron chi connectivity index (χ0n) is 15.9. The number of amides is 1. The molecule has 3 aromatic rings. The predicted octanol–water partition coefficient (Wildman–Crippen LogP) is 3.57. The van der Waals surface area contributed by atoms with E-state index in [0.29, 0.717) is 31.1 Å². The van der Waals surface area contributed by atoms with Crippen molar-refractivity contribution in [1.29, 1.82) is 0 Å². The number of hydrogen-bond donors (Lipinski definition) is 1. The number of aromatic nitrogens is 2. The highest BCUT2D eigenvalue weighted by Gasteiger charge is 2.19. The summed E-state index contributed by atoms with van der Waals surface area (Å²) in [5.41, 5.74) is 2.50. The van der Waals surface area contributed by atoms with Crippen molar-refractivity contribution in [3.05, 3.63) is 59.9 Å². The van der Waals surface area contributed by atoms with E-state index >= 15 is 0 Å². The number of carbonyl (C=O) groups is 1. The highest BCUT2D eigenvalue weighted by atomic mass is 16.5. The smallest absolute Gasteiger partial charge is 0.251 e. The van der Waals surface area contributed by atoms with Crippen LogP contribution in [-0.2, 0) is 11.3 Å². The van der Waals surface area contributed by atoms with Crippen LogP contribution in [0, 0.1) is 0 Å². The Morgan fingerprint density at radius 3 is 2.81 bits per heavy atom. The van der Waals surface area contributed by atoms with Crippen molar-refractivity contribution in [2.45, 2.75) is 26.4 Å². The fourth-order valence-electron chi connectivity index (χ4n) is 3.07. The third-order valence-electron chi connectivity index (χ3n) is 4.41. The number of methoxy groups -OCH3 is 1. The minimum Gasteiger partial charge on any atom is -0.497 e. The summed E-state index contributed by atoms with van der Waals surface area (Å²) in [6.45, 7) is 5.87. The molecular weight excluding hydrogens is 342 g/mol. The number of hydrogen-bond acceptors (Lipinski definition) is 4. The van der Waals surface area contributed by atoms with Gasteiger partial charge < -0.3 is 19.4 Å². The van der Waals surface area contributed by atoms with Gasteiger partial charge in [0.2, 0.25) is 0 Å². The van der Waals surface area contributed by atoms with Gasteiger partial charge in [0, 0.05) is 18.7 Å². The summed E-state index contributed by atoms with van der Waals surface area (Å²) in [7, 11) is 1.58. The van der Waals surface area contributed by atoms with Gasteiger partial charge in [0.1, 0.15) is 11.6 Å². The van der Waals surface area contributed by atoms with Crippen molar-refractivity contribution < 1.29 is 14.3 Å². The monoisotopic (exact) mass is 367 g/mol. The van der Waals surface area contributed by atoms with E-state index in [1.807, 2.05) is 44.2 Å². The second-order valence-corrected chi connectivity index (χ2v) is 6.23. The number of benzene rings is 2. The highest BCUT2D eigenvalue weighted by Crippen LogP contribution is 2.21. The Morgan fingerprint density at radius 2 is 2.04 bits per heavy atom. The SMILES string of the molecule is CCOCCn1c(C(C)NC(=O)c2cccc(OC)c2)nc2ccccc21. The number of nitrogens with zero attached hydrogens (tertiary/aromatic N) is 2. The molecule has 0 saturated heterocycles. The molecular formula is C21H25N3O3. The predicted molar refractivity (Wildman–Crippen MR) is 105 cm³/mol. The molecule has 1 unspecified atom stereocenters. The van der Waals surface area contributed by atoms with E-state index in [1.165, 1.54) is 0 Å². The molecule has 142 valence electrons. The lowest BCUT2D eigenvalue weighted by Crippen LogP contribution is -2.29. The lowest BCUT2D eigenvalue weighted by Gasteiger charge is -2.16. The minimum atomic E-state index is -0.252. The van der Waals surface area contributed by atoms with Crippen LogP contribution in [0.3, 0.4) is 0 Å². The average molecular weight is 367 g/mol. The van der Waals surface area contributed by atoms with Crippen LogP contribution in [0.25, 0.3) is 11.0 Å². The normalized spacial score (nSPS) is 12.1. The molecule has 0 aliphatic carbocycles. The van der Waals surface area contributed by atoms with Crippen molar-refractivity contribution in [3.63, 3.8) is 0 Å². The lowest BCUT2D eigenvalue weighted by molar-refractivity contribution is 0.0936. The molecule has 0 fully saturated rings. The van der Waals surface area contributed by atoms with Crippen molar-refractivity contribution >= 4 is 16.9 Å². The van der Waals surface area contributed by atoms with Crippen LogP contribution in [0.4, 0.5) is 0 Å². The number of rotatable bonds is 8. The summed E-state index contributed by atoms with van der Waals surface area (Å²) in [5, 5.41) is 3.04. The summed E-state index contributed by atoms with van der Waals surface area (Å²) in [5.74, 6) is 1.30. The molecule has 0 aliphatic rings. The topological polar surface area (TPSA) is 65.4 Å². The van der Waals surface area contributed by atoms with Crippen molar-refractivity contribution in [2.75, 3.05) is 20.3 Å². The molecule has 0 spiro atoms.